The van der Waals surface area contributed by atoms with Crippen LogP contribution in [0.3, 0.4) is 0 Å². The molecule has 10 heteroatoms. The topological polar surface area (TPSA) is 121 Å². The van der Waals surface area contributed by atoms with Crippen molar-refractivity contribution in [3.05, 3.63) is 70.8 Å². The molecule has 3 N–H and O–H groups in total. The highest BCUT2D eigenvalue weighted by molar-refractivity contribution is 7.12. The molecule has 9 nitrogen and oxygen atoms in total. The minimum atomic E-state index is -1.14. The lowest BCUT2D eigenvalue weighted by Gasteiger charge is -2.33. The van der Waals surface area contributed by atoms with Gasteiger partial charge < -0.3 is 20.4 Å². The van der Waals surface area contributed by atoms with Crippen molar-refractivity contribution >= 4 is 46.3 Å². The fraction of sp³-hybridized carbons (Fsp3) is 0.308. The maximum Gasteiger partial charge on any atom is 0.261 e. The van der Waals surface area contributed by atoms with E-state index in [-0.39, 0.29) is 24.1 Å². The van der Waals surface area contributed by atoms with Crippen molar-refractivity contribution in [2.45, 2.75) is 45.7 Å². The Morgan fingerprint density at radius 2 is 1.78 bits per heavy atom. The smallest absolute Gasteiger partial charge is 0.261 e. The Bertz CT molecular complexity index is 1190. The van der Waals surface area contributed by atoms with Gasteiger partial charge in [0.2, 0.25) is 11.8 Å². The van der Waals surface area contributed by atoms with Gasteiger partial charge in [-0.1, -0.05) is 13.0 Å². The van der Waals surface area contributed by atoms with Gasteiger partial charge in [-0.25, -0.2) is 0 Å². The first kappa shape index (κ1) is 26.7. The van der Waals surface area contributed by atoms with Crippen molar-refractivity contribution in [2.75, 3.05) is 16.8 Å². The monoisotopic (exact) mass is 510 g/mol. The van der Waals surface area contributed by atoms with Crippen molar-refractivity contribution in [3.63, 3.8) is 0 Å². The largest absolute Gasteiger partial charge is 0.467 e. The maximum atomic E-state index is 13.6. The number of nitrogens with one attached hydrogen (secondary N) is 3. The van der Waals surface area contributed by atoms with Crippen LogP contribution in [0.4, 0.5) is 11.4 Å². The van der Waals surface area contributed by atoms with E-state index in [0.717, 1.165) is 0 Å². The molecule has 0 aliphatic rings. The molecule has 0 aliphatic heterocycles. The molecule has 0 unspecified atom stereocenters. The molecule has 0 fully saturated rings. The average Bonchev–Trinajstić information content (AvgIpc) is 3.55. The van der Waals surface area contributed by atoms with Crippen LogP contribution in [0.1, 0.15) is 55.6 Å². The molecule has 36 heavy (non-hydrogen) atoms. The minimum absolute atomic E-state index is 0.235. The zero-order valence-corrected chi connectivity index (χ0v) is 21.5. The molecule has 0 saturated heterocycles. The SMILES string of the molecule is CCC(C)(C)NC(=O)[C@@H](c1ccco1)N(C(=O)CNC(=O)c1cccs1)c1ccc(NC(C)=O)cc1. The lowest BCUT2D eigenvalue weighted by atomic mass is 10.0. The lowest BCUT2D eigenvalue weighted by Crippen LogP contribution is -2.52. The van der Waals surface area contributed by atoms with Gasteiger partial charge in [0.25, 0.3) is 11.8 Å². The van der Waals surface area contributed by atoms with E-state index in [9.17, 15) is 19.2 Å². The average molecular weight is 511 g/mol. The highest BCUT2D eigenvalue weighted by Gasteiger charge is 2.36. The number of carbonyl (C=O) groups is 4. The molecule has 0 aliphatic carbocycles. The summed E-state index contributed by atoms with van der Waals surface area (Å²) in [6, 6.07) is 12.1. The van der Waals surface area contributed by atoms with Gasteiger partial charge in [0.1, 0.15) is 5.76 Å². The second-order valence-electron chi connectivity index (χ2n) is 8.80. The zero-order chi connectivity index (χ0) is 26.3. The molecule has 0 spiro atoms. The minimum Gasteiger partial charge on any atom is -0.467 e. The molecule has 1 aromatic carbocycles. The quantitative estimate of drug-likeness (QED) is 0.379. The summed E-state index contributed by atoms with van der Waals surface area (Å²) in [6.45, 7) is 6.78. The van der Waals surface area contributed by atoms with Crippen LogP contribution >= 0.6 is 11.3 Å². The van der Waals surface area contributed by atoms with Crippen LogP contribution in [0.2, 0.25) is 0 Å². The first-order valence-corrected chi connectivity index (χ1v) is 12.4. The summed E-state index contributed by atoms with van der Waals surface area (Å²) in [5.74, 6) is -1.30. The molecule has 1 atom stereocenters. The van der Waals surface area contributed by atoms with E-state index in [4.69, 9.17) is 4.42 Å². The Morgan fingerprint density at radius 1 is 1.06 bits per heavy atom. The van der Waals surface area contributed by atoms with E-state index in [1.54, 1.807) is 53.9 Å². The number of hydrogen-bond acceptors (Lipinski definition) is 6. The van der Waals surface area contributed by atoms with Gasteiger partial charge in [0.15, 0.2) is 6.04 Å². The van der Waals surface area contributed by atoms with Gasteiger partial charge in [0, 0.05) is 23.8 Å². The number of hydrogen-bond donors (Lipinski definition) is 3. The van der Waals surface area contributed by atoms with E-state index in [0.29, 0.717) is 22.7 Å². The first-order valence-electron chi connectivity index (χ1n) is 11.5. The van der Waals surface area contributed by atoms with Crippen molar-refractivity contribution < 1.29 is 23.6 Å². The number of anilines is 2. The molecule has 2 heterocycles. The lowest BCUT2D eigenvalue weighted by molar-refractivity contribution is -0.128. The Labute approximate surface area is 213 Å². The van der Waals surface area contributed by atoms with E-state index in [1.165, 1.54) is 29.4 Å². The number of furan rings is 1. The summed E-state index contributed by atoms with van der Waals surface area (Å²) >= 11 is 1.26. The third kappa shape index (κ3) is 6.82. The molecule has 0 radical (unpaired) electrons. The van der Waals surface area contributed by atoms with Crippen LogP contribution in [0.15, 0.2) is 64.6 Å². The van der Waals surface area contributed by atoms with Crippen molar-refractivity contribution in [2.24, 2.45) is 0 Å². The number of amides is 4. The van der Waals surface area contributed by atoms with Gasteiger partial charge in [-0.2, -0.15) is 0 Å². The second-order valence-corrected chi connectivity index (χ2v) is 9.74. The predicted octanol–water partition coefficient (Wildman–Crippen LogP) is 4.11. The van der Waals surface area contributed by atoms with Gasteiger partial charge >= 0.3 is 0 Å². The van der Waals surface area contributed by atoms with Crippen LogP contribution in [0.5, 0.6) is 0 Å². The van der Waals surface area contributed by atoms with Gasteiger partial charge in [-0.15, -0.1) is 11.3 Å². The fourth-order valence-corrected chi connectivity index (χ4v) is 4.03. The van der Waals surface area contributed by atoms with Crippen LogP contribution in [0.25, 0.3) is 0 Å². The van der Waals surface area contributed by atoms with Gasteiger partial charge in [0.05, 0.1) is 17.7 Å². The van der Waals surface area contributed by atoms with Crippen LogP contribution in [-0.2, 0) is 14.4 Å². The Balaban J connectivity index is 1.98. The standard InChI is InChI=1S/C26H30N4O5S/c1-5-26(3,4)29-25(34)23(20-8-6-14-35-20)30(19-12-10-18(11-13-19)28-17(2)31)22(32)16-27-24(33)21-9-7-15-36-21/h6-15,23H,5,16H2,1-4H3,(H,27,33)(H,28,31)(H,29,34)/t23-/m1/s1. The number of rotatable bonds is 10. The van der Waals surface area contributed by atoms with Gasteiger partial charge in [-0.05, 0) is 68.1 Å². The molecule has 3 rings (SSSR count). The Morgan fingerprint density at radius 3 is 2.33 bits per heavy atom. The van der Waals surface area contributed by atoms with Crippen LogP contribution in [-0.4, -0.2) is 35.7 Å². The summed E-state index contributed by atoms with van der Waals surface area (Å²) < 4.78 is 5.58. The number of carbonyl (C=O) groups excluding carboxylic acids is 4. The highest BCUT2D eigenvalue weighted by Crippen LogP contribution is 2.30. The van der Waals surface area contributed by atoms with Crippen LogP contribution < -0.4 is 20.9 Å². The van der Waals surface area contributed by atoms with Crippen LogP contribution in [0, 0.1) is 0 Å². The third-order valence-electron chi connectivity index (χ3n) is 5.54. The Kier molecular flexibility index (Phi) is 8.65. The number of benzene rings is 1. The van der Waals surface area contributed by atoms with Crippen molar-refractivity contribution in [1.29, 1.82) is 0 Å². The first-order chi connectivity index (χ1) is 17.1. The highest BCUT2D eigenvalue weighted by atomic mass is 32.1. The van der Waals surface area contributed by atoms with E-state index >= 15 is 0 Å². The molecule has 2 aromatic heterocycles. The summed E-state index contributed by atoms with van der Waals surface area (Å²) in [6.07, 6.45) is 2.10. The predicted molar refractivity (Wildman–Crippen MR) is 139 cm³/mol. The Hall–Kier alpha value is -3.92. The third-order valence-corrected chi connectivity index (χ3v) is 6.41. The normalized spacial score (nSPS) is 11.9. The molecular formula is C26H30N4O5S. The summed E-state index contributed by atoms with van der Waals surface area (Å²) in [5, 5.41) is 10.1. The van der Waals surface area contributed by atoms with Crippen molar-refractivity contribution in [1.82, 2.24) is 10.6 Å². The molecule has 0 saturated carbocycles. The maximum absolute atomic E-state index is 13.6. The number of nitrogens with zero attached hydrogens (tertiary/aromatic N) is 1. The molecular weight excluding hydrogens is 480 g/mol. The zero-order valence-electron chi connectivity index (χ0n) is 20.7. The van der Waals surface area contributed by atoms with Gasteiger partial charge in [-0.3, -0.25) is 24.1 Å². The summed E-state index contributed by atoms with van der Waals surface area (Å²) in [5.41, 5.74) is 0.403. The summed E-state index contributed by atoms with van der Waals surface area (Å²) in [4.78, 5) is 52.8. The molecule has 0 bridgehead atoms. The molecule has 3 aromatic rings. The van der Waals surface area contributed by atoms with Crippen molar-refractivity contribution in [3.8, 4) is 0 Å². The fourth-order valence-electron chi connectivity index (χ4n) is 3.39. The molecule has 4 amide bonds. The molecule has 190 valence electrons. The van der Waals surface area contributed by atoms with E-state index < -0.39 is 23.4 Å². The summed E-state index contributed by atoms with van der Waals surface area (Å²) in [7, 11) is 0. The van der Waals surface area contributed by atoms with E-state index in [2.05, 4.69) is 16.0 Å². The second kappa shape index (κ2) is 11.7. The van der Waals surface area contributed by atoms with E-state index in [1.807, 2.05) is 20.8 Å². The number of thiophene rings is 1.